The van der Waals surface area contributed by atoms with Crippen LogP contribution in [0.15, 0.2) is 42.5 Å². The van der Waals surface area contributed by atoms with Gasteiger partial charge < -0.3 is 10.5 Å². The number of halogens is 1. The van der Waals surface area contributed by atoms with Gasteiger partial charge in [-0.25, -0.2) is 0 Å². The Labute approximate surface area is 121 Å². The first-order chi connectivity index (χ1) is 9.49. The van der Waals surface area contributed by atoms with E-state index in [0.29, 0.717) is 11.5 Å². The van der Waals surface area contributed by atoms with Gasteiger partial charge in [0.25, 0.3) is 5.69 Å². The van der Waals surface area contributed by atoms with Crippen LogP contribution in [0.1, 0.15) is 18.5 Å². The van der Waals surface area contributed by atoms with Gasteiger partial charge in [0.2, 0.25) is 0 Å². The lowest BCUT2D eigenvalue weighted by molar-refractivity contribution is -0.384. The Kier molecular flexibility index (Phi) is 4.22. The fourth-order valence-electron chi connectivity index (χ4n) is 1.78. The zero-order valence-corrected chi connectivity index (χ0v) is 11.5. The molecule has 0 aliphatic heterocycles. The molecule has 6 heteroatoms. The maximum atomic E-state index is 10.7. The number of hydrogen-bond donors (Lipinski definition) is 1. The second kappa shape index (κ2) is 5.90. The van der Waals surface area contributed by atoms with E-state index in [1.54, 1.807) is 6.07 Å². The predicted octanol–water partition coefficient (Wildman–Crippen LogP) is 4.06. The molecule has 0 radical (unpaired) electrons. The first kappa shape index (κ1) is 14.3. The molecule has 2 aromatic rings. The number of ether oxygens (including phenoxy) is 1. The molecule has 1 atom stereocenters. The second-order valence-electron chi connectivity index (χ2n) is 4.30. The lowest BCUT2D eigenvalue weighted by Gasteiger charge is -2.13. The van der Waals surface area contributed by atoms with E-state index < -0.39 is 4.92 Å². The van der Waals surface area contributed by atoms with Crippen molar-refractivity contribution in [3.8, 4) is 11.5 Å². The summed E-state index contributed by atoms with van der Waals surface area (Å²) in [5, 5.41) is 10.7. The molecule has 0 amide bonds. The summed E-state index contributed by atoms with van der Waals surface area (Å²) in [7, 11) is 0. The predicted molar refractivity (Wildman–Crippen MR) is 77.2 cm³/mol. The van der Waals surface area contributed by atoms with Crippen molar-refractivity contribution in [3.05, 3.63) is 63.2 Å². The molecule has 5 nitrogen and oxygen atoms in total. The van der Waals surface area contributed by atoms with Gasteiger partial charge in [0, 0.05) is 23.7 Å². The Hall–Kier alpha value is -2.11. The highest BCUT2D eigenvalue weighted by molar-refractivity contribution is 6.32. The maximum absolute atomic E-state index is 10.7. The quantitative estimate of drug-likeness (QED) is 0.681. The van der Waals surface area contributed by atoms with Crippen molar-refractivity contribution in [2.24, 2.45) is 5.73 Å². The molecule has 0 heterocycles. The van der Waals surface area contributed by atoms with E-state index in [0.717, 1.165) is 5.56 Å². The molecular weight excluding hydrogens is 280 g/mol. The fourth-order valence-corrected chi connectivity index (χ4v) is 2.02. The third-order valence-corrected chi connectivity index (χ3v) is 3.06. The second-order valence-corrected chi connectivity index (χ2v) is 4.71. The molecule has 2 aromatic carbocycles. The van der Waals surface area contributed by atoms with Crippen LogP contribution in [0.25, 0.3) is 0 Å². The average Bonchev–Trinajstić information content (AvgIpc) is 2.38. The minimum Gasteiger partial charge on any atom is -0.457 e. The molecule has 2 N–H and O–H groups in total. The highest BCUT2D eigenvalue weighted by Crippen LogP contribution is 2.33. The molecule has 0 aromatic heterocycles. The van der Waals surface area contributed by atoms with Crippen molar-refractivity contribution < 1.29 is 9.66 Å². The van der Waals surface area contributed by atoms with Crippen LogP contribution >= 0.6 is 11.6 Å². The number of hydrogen-bond acceptors (Lipinski definition) is 4. The molecule has 0 aliphatic carbocycles. The third-order valence-electron chi connectivity index (χ3n) is 2.75. The summed E-state index contributed by atoms with van der Waals surface area (Å²) < 4.78 is 5.70. The lowest BCUT2D eigenvalue weighted by Crippen LogP contribution is -2.06. The van der Waals surface area contributed by atoms with Gasteiger partial charge in [-0.05, 0) is 19.1 Å². The topological polar surface area (TPSA) is 78.4 Å². The summed E-state index contributed by atoms with van der Waals surface area (Å²) in [6, 6.07) is 11.4. The van der Waals surface area contributed by atoms with Crippen LogP contribution in [0, 0.1) is 10.1 Å². The van der Waals surface area contributed by atoms with Crippen LogP contribution < -0.4 is 10.5 Å². The molecule has 0 fully saturated rings. The van der Waals surface area contributed by atoms with E-state index in [1.165, 1.54) is 18.2 Å². The van der Waals surface area contributed by atoms with Gasteiger partial charge in [0.1, 0.15) is 16.5 Å². The number of nitro groups is 1. The summed E-state index contributed by atoms with van der Waals surface area (Å²) in [6.45, 7) is 1.85. The van der Waals surface area contributed by atoms with Crippen molar-refractivity contribution in [2.75, 3.05) is 0 Å². The van der Waals surface area contributed by atoms with E-state index in [4.69, 9.17) is 22.1 Å². The van der Waals surface area contributed by atoms with Gasteiger partial charge in [0.05, 0.1) is 4.92 Å². The smallest absolute Gasteiger partial charge is 0.288 e. The van der Waals surface area contributed by atoms with Crippen LogP contribution in [0.3, 0.4) is 0 Å². The highest BCUT2D eigenvalue weighted by Gasteiger charge is 2.14. The molecule has 0 aliphatic rings. The van der Waals surface area contributed by atoms with Crippen molar-refractivity contribution in [2.45, 2.75) is 13.0 Å². The SMILES string of the molecule is C[C@H](N)c1ccccc1Oc1ccc([N+](=O)[O-])c(Cl)c1. The van der Waals surface area contributed by atoms with Gasteiger partial charge >= 0.3 is 0 Å². The van der Waals surface area contributed by atoms with Crippen LogP contribution in [0.5, 0.6) is 11.5 Å². The number of rotatable bonds is 4. The monoisotopic (exact) mass is 292 g/mol. The van der Waals surface area contributed by atoms with Gasteiger partial charge in [0.15, 0.2) is 0 Å². The van der Waals surface area contributed by atoms with E-state index in [-0.39, 0.29) is 16.8 Å². The molecule has 0 saturated heterocycles. The van der Waals surface area contributed by atoms with Crippen LogP contribution in [0.4, 0.5) is 5.69 Å². The zero-order valence-electron chi connectivity index (χ0n) is 10.7. The average molecular weight is 293 g/mol. The number of nitro benzene ring substituents is 1. The highest BCUT2D eigenvalue weighted by atomic mass is 35.5. The normalized spacial score (nSPS) is 11.9. The molecule has 0 bridgehead atoms. The Morgan fingerprint density at radius 3 is 2.60 bits per heavy atom. The molecule has 0 unspecified atom stereocenters. The Morgan fingerprint density at radius 2 is 2.00 bits per heavy atom. The molecular formula is C14H13ClN2O3. The minimum absolute atomic E-state index is 0.0331. The molecule has 0 saturated carbocycles. The number of para-hydroxylation sites is 1. The first-order valence-corrected chi connectivity index (χ1v) is 6.33. The van der Waals surface area contributed by atoms with E-state index in [1.807, 2.05) is 25.1 Å². The van der Waals surface area contributed by atoms with Crippen molar-refractivity contribution in [1.29, 1.82) is 0 Å². The molecule has 20 heavy (non-hydrogen) atoms. The number of nitrogens with two attached hydrogens (primary N) is 1. The van der Waals surface area contributed by atoms with Crippen molar-refractivity contribution >= 4 is 17.3 Å². The lowest BCUT2D eigenvalue weighted by atomic mass is 10.1. The van der Waals surface area contributed by atoms with Crippen molar-refractivity contribution in [1.82, 2.24) is 0 Å². The number of nitrogens with zero attached hydrogens (tertiary/aromatic N) is 1. The number of benzene rings is 2. The standard InChI is InChI=1S/C14H13ClN2O3/c1-9(16)11-4-2-3-5-14(11)20-10-6-7-13(17(18)19)12(15)8-10/h2-9H,16H2,1H3/t9-/m0/s1. The molecule has 2 rings (SSSR count). The van der Waals surface area contributed by atoms with E-state index >= 15 is 0 Å². The largest absolute Gasteiger partial charge is 0.457 e. The zero-order chi connectivity index (χ0) is 14.7. The Bertz CT molecular complexity index is 644. The van der Waals surface area contributed by atoms with Gasteiger partial charge in [-0.2, -0.15) is 0 Å². The summed E-state index contributed by atoms with van der Waals surface area (Å²) in [4.78, 5) is 10.2. The van der Waals surface area contributed by atoms with Crippen LogP contribution in [0.2, 0.25) is 5.02 Å². The first-order valence-electron chi connectivity index (χ1n) is 5.95. The molecule has 104 valence electrons. The maximum Gasteiger partial charge on any atom is 0.288 e. The van der Waals surface area contributed by atoms with Crippen molar-refractivity contribution in [3.63, 3.8) is 0 Å². The van der Waals surface area contributed by atoms with Crippen LogP contribution in [-0.2, 0) is 0 Å². The summed E-state index contributed by atoms with van der Waals surface area (Å²) >= 11 is 5.85. The Morgan fingerprint density at radius 1 is 1.30 bits per heavy atom. The van der Waals surface area contributed by atoms with Gasteiger partial charge in [-0.1, -0.05) is 29.8 Å². The minimum atomic E-state index is -0.540. The fraction of sp³-hybridized carbons (Fsp3) is 0.143. The van der Waals surface area contributed by atoms with E-state index in [9.17, 15) is 10.1 Å². The third kappa shape index (κ3) is 3.07. The summed E-state index contributed by atoms with van der Waals surface area (Å²) in [5.74, 6) is 1.03. The molecule has 0 spiro atoms. The summed E-state index contributed by atoms with van der Waals surface area (Å²) in [6.07, 6.45) is 0. The van der Waals surface area contributed by atoms with E-state index in [2.05, 4.69) is 0 Å². The summed E-state index contributed by atoms with van der Waals surface area (Å²) in [5.41, 5.74) is 6.56. The van der Waals surface area contributed by atoms with Gasteiger partial charge in [-0.3, -0.25) is 10.1 Å². The van der Waals surface area contributed by atoms with Crippen LogP contribution in [-0.4, -0.2) is 4.92 Å². The van der Waals surface area contributed by atoms with Gasteiger partial charge in [-0.15, -0.1) is 0 Å². The Balaban J connectivity index is 2.31.